The number of carboxylic acid groups (broad SMARTS) is 1. The SMILES string of the molecule is CCC[C@@]1(C(=O)O)CN(Cc2ccc(F)c(F)c2)CC[C@@H]1O. The molecule has 1 aromatic carbocycles. The number of piperidine rings is 1. The molecule has 0 radical (unpaired) electrons. The molecule has 1 aromatic rings. The van der Waals surface area contributed by atoms with Gasteiger partial charge >= 0.3 is 5.97 Å². The molecule has 0 bridgehead atoms. The Kier molecular flexibility index (Phi) is 5.13. The maximum absolute atomic E-state index is 13.3. The molecule has 0 spiro atoms. The molecule has 1 aliphatic heterocycles. The number of likely N-dealkylation sites (tertiary alicyclic amines) is 1. The van der Waals surface area contributed by atoms with Gasteiger partial charge in [0.05, 0.1) is 6.10 Å². The summed E-state index contributed by atoms with van der Waals surface area (Å²) in [6.45, 7) is 2.95. The van der Waals surface area contributed by atoms with Gasteiger partial charge in [0.2, 0.25) is 0 Å². The van der Waals surface area contributed by atoms with E-state index in [4.69, 9.17) is 0 Å². The number of hydrogen-bond donors (Lipinski definition) is 2. The van der Waals surface area contributed by atoms with Crippen LogP contribution in [0.5, 0.6) is 0 Å². The molecule has 0 amide bonds. The molecule has 0 saturated carbocycles. The average Bonchev–Trinajstić information content (AvgIpc) is 2.46. The number of halogens is 2. The fourth-order valence-corrected chi connectivity index (χ4v) is 3.20. The van der Waals surface area contributed by atoms with Gasteiger partial charge in [-0.25, -0.2) is 8.78 Å². The number of aliphatic hydroxyl groups is 1. The molecule has 2 atom stereocenters. The van der Waals surface area contributed by atoms with E-state index in [-0.39, 0.29) is 6.54 Å². The van der Waals surface area contributed by atoms with Gasteiger partial charge in [0, 0.05) is 19.6 Å². The van der Waals surface area contributed by atoms with Gasteiger partial charge in [-0.2, -0.15) is 0 Å². The first-order chi connectivity index (χ1) is 10.4. The maximum atomic E-state index is 13.3. The molecular weight excluding hydrogens is 292 g/mol. The number of rotatable bonds is 5. The lowest BCUT2D eigenvalue weighted by atomic mass is 9.74. The zero-order valence-electron chi connectivity index (χ0n) is 12.6. The second-order valence-electron chi connectivity index (χ2n) is 5.97. The molecule has 4 nitrogen and oxygen atoms in total. The van der Waals surface area contributed by atoms with Gasteiger partial charge in [-0.3, -0.25) is 9.69 Å². The van der Waals surface area contributed by atoms with Crippen LogP contribution in [0.2, 0.25) is 0 Å². The van der Waals surface area contributed by atoms with E-state index in [9.17, 15) is 23.8 Å². The summed E-state index contributed by atoms with van der Waals surface area (Å²) in [6, 6.07) is 3.69. The van der Waals surface area contributed by atoms with Crippen LogP contribution in [0.3, 0.4) is 0 Å². The van der Waals surface area contributed by atoms with Crippen molar-refractivity contribution in [1.82, 2.24) is 4.90 Å². The number of nitrogens with zero attached hydrogens (tertiary/aromatic N) is 1. The zero-order valence-corrected chi connectivity index (χ0v) is 12.6. The molecule has 122 valence electrons. The molecule has 1 saturated heterocycles. The minimum absolute atomic E-state index is 0.205. The summed E-state index contributed by atoms with van der Waals surface area (Å²) in [6.07, 6.45) is 0.516. The van der Waals surface area contributed by atoms with Crippen molar-refractivity contribution in [3.8, 4) is 0 Å². The normalized spacial score (nSPS) is 26.1. The van der Waals surface area contributed by atoms with E-state index in [0.29, 0.717) is 37.9 Å². The van der Waals surface area contributed by atoms with E-state index in [1.807, 2.05) is 11.8 Å². The average molecular weight is 313 g/mol. The van der Waals surface area contributed by atoms with Crippen molar-refractivity contribution in [2.24, 2.45) is 5.41 Å². The molecule has 1 heterocycles. The Labute approximate surface area is 128 Å². The lowest BCUT2D eigenvalue weighted by Gasteiger charge is -2.43. The standard InChI is InChI=1S/C16H21F2NO3/c1-2-6-16(15(21)22)10-19(7-5-14(16)20)9-11-3-4-12(17)13(18)8-11/h3-4,8,14,20H,2,5-7,9-10H2,1H3,(H,21,22)/t14-,16+/m0/s1. The second-order valence-corrected chi connectivity index (χ2v) is 5.97. The zero-order chi connectivity index (χ0) is 16.3. The minimum Gasteiger partial charge on any atom is -0.481 e. The monoisotopic (exact) mass is 313 g/mol. The molecule has 1 fully saturated rings. The van der Waals surface area contributed by atoms with Gasteiger partial charge in [0.15, 0.2) is 11.6 Å². The number of aliphatic carboxylic acids is 1. The third kappa shape index (κ3) is 3.28. The van der Waals surface area contributed by atoms with Crippen molar-refractivity contribution < 1.29 is 23.8 Å². The minimum atomic E-state index is -1.19. The highest BCUT2D eigenvalue weighted by Gasteiger charge is 2.48. The van der Waals surface area contributed by atoms with Crippen LogP contribution in [-0.2, 0) is 11.3 Å². The third-order valence-electron chi connectivity index (χ3n) is 4.37. The van der Waals surface area contributed by atoms with Gasteiger partial charge in [0.1, 0.15) is 5.41 Å². The van der Waals surface area contributed by atoms with E-state index in [1.165, 1.54) is 6.07 Å². The maximum Gasteiger partial charge on any atom is 0.313 e. The van der Waals surface area contributed by atoms with Gasteiger partial charge in [0.25, 0.3) is 0 Å². The quantitative estimate of drug-likeness (QED) is 0.876. The molecule has 1 aliphatic rings. The highest BCUT2D eigenvalue weighted by Crippen LogP contribution is 2.36. The summed E-state index contributed by atoms with van der Waals surface area (Å²) in [5.74, 6) is -2.81. The predicted octanol–water partition coefficient (Wildman–Crippen LogP) is 2.40. The fourth-order valence-electron chi connectivity index (χ4n) is 3.20. The summed E-state index contributed by atoms with van der Waals surface area (Å²) in [5.41, 5.74) is -0.600. The summed E-state index contributed by atoms with van der Waals surface area (Å²) < 4.78 is 26.2. The number of carbonyl (C=O) groups is 1. The lowest BCUT2D eigenvalue weighted by Crippen LogP contribution is -2.55. The molecular formula is C16H21F2NO3. The summed E-state index contributed by atoms with van der Waals surface area (Å²) >= 11 is 0. The van der Waals surface area contributed by atoms with Crippen LogP contribution in [0, 0.1) is 17.0 Å². The number of carboxylic acids is 1. The van der Waals surface area contributed by atoms with Crippen LogP contribution in [0.4, 0.5) is 8.78 Å². The lowest BCUT2D eigenvalue weighted by molar-refractivity contribution is -0.164. The fraction of sp³-hybridized carbons (Fsp3) is 0.562. The van der Waals surface area contributed by atoms with Crippen LogP contribution in [0.15, 0.2) is 18.2 Å². The van der Waals surface area contributed by atoms with Gasteiger partial charge < -0.3 is 10.2 Å². The number of hydrogen-bond acceptors (Lipinski definition) is 3. The highest BCUT2D eigenvalue weighted by atomic mass is 19.2. The van der Waals surface area contributed by atoms with Gasteiger partial charge in [-0.05, 0) is 30.5 Å². The summed E-state index contributed by atoms with van der Waals surface area (Å²) in [5, 5.41) is 19.7. The molecule has 0 aliphatic carbocycles. The Morgan fingerprint density at radius 2 is 2.14 bits per heavy atom. The van der Waals surface area contributed by atoms with Gasteiger partial charge in [-0.15, -0.1) is 0 Å². The molecule has 2 N–H and O–H groups in total. The van der Waals surface area contributed by atoms with Gasteiger partial charge in [-0.1, -0.05) is 19.4 Å². The van der Waals surface area contributed by atoms with E-state index < -0.39 is 29.1 Å². The Balaban J connectivity index is 2.15. The van der Waals surface area contributed by atoms with Crippen LogP contribution in [0.25, 0.3) is 0 Å². The Morgan fingerprint density at radius 3 is 2.73 bits per heavy atom. The number of aliphatic hydroxyl groups excluding tert-OH is 1. The van der Waals surface area contributed by atoms with Crippen molar-refractivity contribution in [3.05, 3.63) is 35.4 Å². The van der Waals surface area contributed by atoms with Crippen molar-refractivity contribution in [1.29, 1.82) is 0 Å². The third-order valence-corrected chi connectivity index (χ3v) is 4.37. The molecule has 0 unspecified atom stereocenters. The van der Waals surface area contributed by atoms with E-state index in [2.05, 4.69) is 0 Å². The second kappa shape index (κ2) is 6.71. The van der Waals surface area contributed by atoms with Crippen molar-refractivity contribution in [3.63, 3.8) is 0 Å². The molecule has 0 aromatic heterocycles. The van der Waals surface area contributed by atoms with Crippen molar-refractivity contribution in [2.75, 3.05) is 13.1 Å². The summed E-state index contributed by atoms with van der Waals surface area (Å²) in [7, 11) is 0. The topological polar surface area (TPSA) is 60.8 Å². The van der Waals surface area contributed by atoms with Crippen molar-refractivity contribution >= 4 is 5.97 Å². The number of benzene rings is 1. The van der Waals surface area contributed by atoms with E-state index >= 15 is 0 Å². The van der Waals surface area contributed by atoms with Crippen LogP contribution >= 0.6 is 0 Å². The Hall–Kier alpha value is -1.53. The molecule has 2 rings (SSSR count). The molecule has 6 heteroatoms. The van der Waals surface area contributed by atoms with Crippen LogP contribution in [-0.4, -0.2) is 40.3 Å². The van der Waals surface area contributed by atoms with Crippen LogP contribution in [0.1, 0.15) is 31.7 Å². The Morgan fingerprint density at radius 1 is 1.41 bits per heavy atom. The summed E-state index contributed by atoms with van der Waals surface area (Å²) in [4.78, 5) is 13.6. The predicted molar refractivity (Wildman–Crippen MR) is 77.2 cm³/mol. The first-order valence-corrected chi connectivity index (χ1v) is 7.47. The first kappa shape index (κ1) is 16.8. The first-order valence-electron chi connectivity index (χ1n) is 7.47. The highest BCUT2D eigenvalue weighted by molar-refractivity contribution is 5.76. The van der Waals surface area contributed by atoms with E-state index in [0.717, 1.165) is 12.1 Å². The largest absolute Gasteiger partial charge is 0.481 e. The van der Waals surface area contributed by atoms with Crippen LogP contribution < -0.4 is 0 Å². The molecule has 22 heavy (non-hydrogen) atoms. The smallest absolute Gasteiger partial charge is 0.313 e. The van der Waals surface area contributed by atoms with Crippen molar-refractivity contribution in [2.45, 2.75) is 38.8 Å². The Bertz CT molecular complexity index is 552. The van der Waals surface area contributed by atoms with E-state index in [1.54, 1.807) is 0 Å².